The topological polar surface area (TPSA) is 55.1 Å². The van der Waals surface area contributed by atoms with Crippen LogP contribution in [0.25, 0.3) is 0 Å². The molecule has 4 heteroatoms. The summed E-state index contributed by atoms with van der Waals surface area (Å²) in [5, 5.41) is 3.67. The predicted molar refractivity (Wildman–Crippen MR) is 70.5 cm³/mol. The quantitative estimate of drug-likeness (QED) is 0.795. The molecule has 0 bridgehead atoms. The lowest BCUT2D eigenvalue weighted by Crippen LogP contribution is -2.52. The van der Waals surface area contributed by atoms with Crippen LogP contribution in [0.3, 0.4) is 0 Å². The van der Waals surface area contributed by atoms with Gasteiger partial charge in [-0.05, 0) is 24.5 Å². The number of carbonyl (C=O) groups excluding carboxylic acids is 1. The summed E-state index contributed by atoms with van der Waals surface area (Å²) in [6.07, 6.45) is 5.62. The largest absolute Gasteiger partial charge is 0.351 e. The van der Waals surface area contributed by atoms with Gasteiger partial charge in [-0.25, -0.2) is 0 Å². The second kappa shape index (κ2) is 5.41. The molecule has 1 saturated carbocycles. The highest BCUT2D eigenvalue weighted by Gasteiger charge is 2.32. The van der Waals surface area contributed by atoms with Gasteiger partial charge < -0.3 is 11.1 Å². The van der Waals surface area contributed by atoms with E-state index in [1.165, 1.54) is 12.8 Å². The molecule has 0 aromatic heterocycles. The molecule has 0 heterocycles. The van der Waals surface area contributed by atoms with Gasteiger partial charge in [0.1, 0.15) is 0 Å². The Kier molecular flexibility index (Phi) is 4.68. The average molecular weight is 244 g/mol. The fourth-order valence-corrected chi connectivity index (χ4v) is 2.97. The van der Waals surface area contributed by atoms with E-state index in [1.54, 1.807) is 0 Å². The van der Waals surface area contributed by atoms with Crippen LogP contribution in [0.1, 0.15) is 40.0 Å². The van der Waals surface area contributed by atoms with Crippen LogP contribution in [-0.4, -0.2) is 29.5 Å². The Bertz CT molecular complexity index is 250. The van der Waals surface area contributed by atoms with E-state index in [0.717, 1.165) is 6.42 Å². The summed E-state index contributed by atoms with van der Waals surface area (Å²) in [5.41, 5.74) is 5.77. The number of carbonyl (C=O) groups is 1. The summed E-state index contributed by atoms with van der Waals surface area (Å²) in [7, 11) is 0. The van der Waals surface area contributed by atoms with E-state index in [2.05, 4.69) is 11.6 Å². The molecule has 0 aliphatic heterocycles. The average Bonchev–Trinajstić information content (AvgIpc) is 2.62. The van der Waals surface area contributed by atoms with E-state index in [9.17, 15) is 4.79 Å². The van der Waals surface area contributed by atoms with Crippen LogP contribution in [0.15, 0.2) is 0 Å². The number of nitrogens with one attached hydrogen (secondary N) is 1. The van der Waals surface area contributed by atoms with Crippen molar-refractivity contribution in [3.63, 3.8) is 0 Å². The first-order chi connectivity index (χ1) is 7.36. The molecule has 16 heavy (non-hydrogen) atoms. The number of rotatable bonds is 3. The highest BCUT2D eigenvalue weighted by Crippen LogP contribution is 2.28. The summed E-state index contributed by atoms with van der Waals surface area (Å²) in [6.45, 7) is 5.99. The van der Waals surface area contributed by atoms with Crippen LogP contribution >= 0.6 is 11.8 Å². The molecule has 1 aliphatic carbocycles. The fraction of sp³-hybridized carbons (Fsp3) is 0.917. The first-order valence-corrected chi connectivity index (χ1v) is 7.24. The molecule has 0 aromatic rings. The molecule has 3 nitrogen and oxygen atoms in total. The first kappa shape index (κ1) is 13.8. The lowest BCUT2D eigenvalue weighted by molar-refractivity contribution is -0.125. The Balaban J connectivity index is 2.51. The number of hydrogen-bond donors (Lipinski definition) is 2. The van der Waals surface area contributed by atoms with E-state index in [0.29, 0.717) is 11.3 Å². The molecule has 0 saturated heterocycles. The summed E-state index contributed by atoms with van der Waals surface area (Å²) in [6, 6.07) is -0.105. The molecule has 0 radical (unpaired) electrons. The van der Waals surface area contributed by atoms with Gasteiger partial charge in [0.2, 0.25) is 5.91 Å². The zero-order valence-electron chi connectivity index (χ0n) is 10.7. The normalized spacial score (nSPS) is 27.8. The lowest BCUT2D eigenvalue weighted by atomic mass is 9.87. The van der Waals surface area contributed by atoms with E-state index >= 15 is 0 Å². The molecule has 3 atom stereocenters. The molecule has 94 valence electrons. The van der Waals surface area contributed by atoms with Crippen molar-refractivity contribution in [3.05, 3.63) is 0 Å². The molecule has 1 fully saturated rings. The van der Waals surface area contributed by atoms with Crippen LogP contribution in [0.4, 0.5) is 0 Å². The van der Waals surface area contributed by atoms with Gasteiger partial charge >= 0.3 is 0 Å². The smallest absolute Gasteiger partial charge is 0.237 e. The molecule has 1 amide bonds. The summed E-state index contributed by atoms with van der Waals surface area (Å²) >= 11 is 1.85. The standard InChI is InChI=1S/C12H24N2OS/c1-12(2,3)10(13)11(15)14-8-6-5-7-9(8)16-4/h8-10H,5-7,13H2,1-4H3,(H,14,15)/t8?,9?,10-/m0/s1. The Morgan fingerprint density at radius 2 is 2.06 bits per heavy atom. The van der Waals surface area contributed by atoms with Crippen molar-refractivity contribution in [1.82, 2.24) is 5.32 Å². The van der Waals surface area contributed by atoms with E-state index in [-0.39, 0.29) is 11.3 Å². The van der Waals surface area contributed by atoms with Crippen LogP contribution in [0.5, 0.6) is 0 Å². The van der Waals surface area contributed by atoms with Crippen molar-refractivity contribution in [2.75, 3.05) is 6.26 Å². The maximum Gasteiger partial charge on any atom is 0.237 e. The van der Waals surface area contributed by atoms with Gasteiger partial charge in [-0.1, -0.05) is 27.2 Å². The zero-order valence-corrected chi connectivity index (χ0v) is 11.6. The Morgan fingerprint density at radius 3 is 2.56 bits per heavy atom. The van der Waals surface area contributed by atoms with Crippen LogP contribution < -0.4 is 11.1 Å². The highest BCUT2D eigenvalue weighted by atomic mass is 32.2. The molecular weight excluding hydrogens is 220 g/mol. The number of thioether (sulfide) groups is 1. The predicted octanol–water partition coefficient (Wildman–Crippen LogP) is 1.76. The molecule has 0 aromatic carbocycles. The second-order valence-electron chi connectivity index (χ2n) is 5.66. The van der Waals surface area contributed by atoms with Crippen molar-refractivity contribution >= 4 is 17.7 Å². The van der Waals surface area contributed by atoms with Gasteiger partial charge in [0.25, 0.3) is 0 Å². The summed E-state index contributed by atoms with van der Waals surface area (Å²) in [4.78, 5) is 12.0. The zero-order chi connectivity index (χ0) is 12.3. The van der Waals surface area contributed by atoms with E-state index < -0.39 is 6.04 Å². The highest BCUT2D eigenvalue weighted by molar-refractivity contribution is 7.99. The second-order valence-corrected chi connectivity index (χ2v) is 6.74. The maximum atomic E-state index is 12.0. The lowest BCUT2D eigenvalue weighted by Gasteiger charge is -2.28. The minimum Gasteiger partial charge on any atom is -0.351 e. The first-order valence-electron chi connectivity index (χ1n) is 5.95. The van der Waals surface area contributed by atoms with Crippen molar-refractivity contribution < 1.29 is 4.79 Å². The van der Waals surface area contributed by atoms with Gasteiger partial charge in [0.15, 0.2) is 0 Å². The maximum absolute atomic E-state index is 12.0. The van der Waals surface area contributed by atoms with Crippen molar-refractivity contribution in [2.45, 2.75) is 57.4 Å². The molecule has 1 rings (SSSR count). The van der Waals surface area contributed by atoms with Gasteiger partial charge in [-0.2, -0.15) is 11.8 Å². The van der Waals surface area contributed by atoms with Crippen molar-refractivity contribution in [3.8, 4) is 0 Å². The third kappa shape index (κ3) is 3.39. The Hall–Kier alpha value is -0.220. The van der Waals surface area contributed by atoms with Crippen molar-refractivity contribution in [2.24, 2.45) is 11.1 Å². The molecule has 2 unspecified atom stereocenters. The molecular formula is C12H24N2OS. The fourth-order valence-electron chi connectivity index (χ4n) is 2.04. The van der Waals surface area contributed by atoms with Crippen LogP contribution in [0, 0.1) is 5.41 Å². The van der Waals surface area contributed by atoms with E-state index in [4.69, 9.17) is 5.73 Å². The summed E-state index contributed by atoms with van der Waals surface area (Å²) < 4.78 is 0. The number of hydrogen-bond acceptors (Lipinski definition) is 3. The minimum absolute atomic E-state index is 0.00144. The number of nitrogens with two attached hydrogens (primary N) is 1. The van der Waals surface area contributed by atoms with Crippen LogP contribution in [0.2, 0.25) is 0 Å². The molecule has 0 spiro atoms. The molecule has 1 aliphatic rings. The van der Waals surface area contributed by atoms with E-state index in [1.807, 2.05) is 32.5 Å². The van der Waals surface area contributed by atoms with Crippen molar-refractivity contribution in [1.29, 1.82) is 0 Å². The molecule has 3 N–H and O–H groups in total. The SMILES string of the molecule is CSC1CCCC1NC(=O)[C@H](N)C(C)(C)C. The Labute approximate surface area is 103 Å². The summed E-state index contributed by atoms with van der Waals surface area (Å²) in [5.74, 6) is -0.00144. The van der Waals surface area contributed by atoms with Gasteiger partial charge in [-0.3, -0.25) is 4.79 Å². The minimum atomic E-state index is -0.421. The third-order valence-corrected chi connectivity index (χ3v) is 4.47. The third-order valence-electron chi connectivity index (χ3n) is 3.30. The van der Waals surface area contributed by atoms with Gasteiger partial charge in [0, 0.05) is 11.3 Å². The monoisotopic (exact) mass is 244 g/mol. The van der Waals surface area contributed by atoms with Gasteiger partial charge in [-0.15, -0.1) is 0 Å². The van der Waals surface area contributed by atoms with Gasteiger partial charge in [0.05, 0.1) is 6.04 Å². The Morgan fingerprint density at radius 1 is 1.44 bits per heavy atom. The van der Waals surface area contributed by atoms with Crippen LogP contribution in [-0.2, 0) is 4.79 Å². The number of amides is 1.